The highest BCUT2D eigenvalue weighted by atomic mass is 19.3. The molecule has 35 heavy (non-hydrogen) atoms. The number of aryl methyl sites for hydroxylation is 2. The molecule has 0 aliphatic rings. The van der Waals surface area contributed by atoms with Crippen LogP contribution >= 0.6 is 0 Å². The van der Waals surface area contributed by atoms with Crippen LogP contribution in [0.5, 0.6) is 0 Å². The van der Waals surface area contributed by atoms with Gasteiger partial charge in [-0.3, -0.25) is 4.79 Å². The maximum atomic E-state index is 13.8. The van der Waals surface area contributed by atoms with Crippen LogP contribution in [0.1, 0.15) is 52.9 Å². The number of alkyl halides is 2. The molecule has 0 spiro atoms. The van der Waals surface area contributed by atoms with Gasteiger partial charge in [-0.15, -0.1) is 0 Å². The molecule has 2 aromatic carbocycles. The summed E-state index contributed by atoms with van der Waals surface area (Å²) in [4.78, 5) is 17.4. The molecule has 0 radical (unpaired) electrons. The summed E-state index contributed by atoms with van der Waals surface area (Å²) in [6.07, 6.45) is 1.72. The molecule has 0 unspecified atom stereocenters. The van der Waals surface area contributed by atoms with Gasteiger partial charge in [0.15, 0.2) is 17.5 Å². The Kier molecular flexibility index (Phi) is 6.60. The van der Waals surface area contributed by atoms with Gasteiger partial charge in [0.05, 0.1) is 18.1 Å². The van der Waals surface area contributed by atoms with Gasteiger partial charge in [0.1, 0.15) is 0 Å². The van der Waals surface area contributed by atoms with Crippen LogP contribution in [0.4, 0.5) is 22.0 Å². The fraction of sp³-hybridized carbons (Fsp3) is 0.231. The van der Waals surface area contributed by atoms with Gasteiger partial charge in [0.2, 0.25) is 0 Å². The van der Waals surface area contributed by atoms with E-state index in [0.717, 1.165) is 51.5 Å². The third-order valence-electron chi connectivity index (χ3n) is 5.94. The van der Waals surface area contributed by atoms with E-state index in [1.807, 2.05) is 36.7 Å². The summed E-state index contributed by atoms with van der Waals surface area (Å²) < 4.78 is 71.1. The molecule has 4 rings (SSSR count). The van der Waals surface area contributed by atoms with Crippen molar-refractivity contribution in [1.82, 2.24) is 14.1 Å². The number of rotatable bonds is 6. The zero-order valence-electron chi connectivity index (χ0n) is 19.2. The number of nitrogens with zero attached hydrogens (tertiary/aromatic N) is 3. The van der Waals surface area contributed by atoms with E-state index >= 15 is 0 Å². The molecule has 0 amide bonds. The fourth-order valence-electron chi connectivity index (χ4n) is 4.09. The summed E-state index contributed by atoms with van der Waals surface area (Å²) in [5.41, 5.74) is 2.42. The summed E-state index contributed by atoms with van der Waals surface area (Å²) in [6, 6.07) is 7.15. The molecule has 2 aromatic heterocycles. The highest BCUT2D eigenvalue weighted by molar-refractivity contribution is 5.44. The number of pyridine rings is 1. The average molecular weight is 487 g/mol. The standard InChI is InChI=1S/C26H22F5N3O/c1-14-6-17(4-5-23(14)33-11-15(2)32-13-33)7-19-8-20(25(30)31)12-34(26(19)35)16(3)18-9-21(27)24(29)22(28)10-18/h4-6,8-13,16,25H,7H2,1-3H3/t16-/m0/s1. The summed E-state index contributed by atoms with van der Waals surface area (Å²) in [5.74, 6) is -4.48. The number of hydrogen-bond acceptors (Lipinski definition) is 2. The van der Waals surface area contributed by atoms with Gasteiger partial charge in [-0.1, -0.05) is 12.1 Å². The van der Waals surface area contributed by atoms with Crippen LogP contribution < -0.4 is 5.56 Å². The molecule has 0 aliphatic heterocycles. The lowest BCUT2D eigenvalue weighted by Crippen LogP contribution is -2.28. The van der Waals surface area contributed by atoms with Gasteiger partial charge in [-0.2, -0.15) is 0 Å². The zero-order chi connectivity index (χ0) is 25.4. The van der Waals surface area contributed by atoms with E-state index in [2.05, 4.69) is 4.98 Å². The third kappa shape index (κ3) is 4.89. The smallest absolute Gasteiger partial charge is 0.265 e. The Morgan fingerprint density at radius 3 is 2.20 bits per heavy atom. The lowest BCUT2D eigenvalue weighted by Gasteiger charge is -2.19. The number of halogens is 5. The normalized spacial score (nSPS) is 12.4. The predicted octanol–water partition coefficient (Wildman–Crippen LogP) is 6.21. The Hall–Kier alpha value is -3.75. The molecule has 4 nitrogen and oxygen atoms in total. The van der Waals surface area contributed by atoms with E-state index in [-0.39, 0.29) is 17.5 Å². The molecule has 0 aliphatic carbocycles. The van der Waals surface area contributed by atoms with E-state index in [0.29, 0.717) is 0 Å². The quantitative estimate of drug-likeness (QED) is 0.240. The number of imidazole rings is 1. The van der Waals surface area contributed by atoms with E-state index in [1.54, 1.807) is 12.4 Å². The molecule has 0 saturated heterocycles. The van der Waals surface area contributed by atoms with Crippen molar-refractivity contribution in [3.8, 4) is 5.69 Å². The molecule has 9 heteroatoms. The van der Waals surface area contributed by atoms with Crippen molar-refractivity contribution in [1.29, 1.82) is 0 Å². The van der Waals surface area contributed by atoms with Crippen LogP contribution in [0, 0.1) is 31.3 Å². The lowest BCUT2D eigenvalue weighted by atomic mass is 10.0. The SMILES string of the molecule is Cc1cn(-c2ccc(Cc3cc(C(F)F)cn([C@@H](C)c4cc(F)c(F)c(F)c4)c3=O)cc2C)cn1. The minimum absolute atomic E-state index is 0.0586. The second-order valence-electron chi connectivity index (χ2n) is 8.51. The largest absolute Gasteiger partial charge is 0.308 e. The second kappa shape index (κ2) is 9.48. The van der Waals surface area contributed by atoms with E-state index in [9.17, 15) is 26.7 Å². The van der Waals surface area contributed by atoms with Gasteiger partial charge in [0, 0.05) is 35.6 Å². The minimum Gasteiger partial charge on any atom is -0.308 e. The average Bonchev–Trinajstić information content (AvgIpc) is 3.23. The summed E-state index contributed by atoms with van der Waals surface area (Å²) >= 11 is 0. The van der Waals surface area contributed by atoms with Gasteiger partial charge in [0.25, 0.3) is 12.0 Å². The van der Waals surface area contributed by atoms with Crippen LogP contribution in [0.15, 0.2) is 59.9 Å². The van der Waals surface area contributed by atoms with Crippen molar-refractivity contribution in [3.05, 3.63) is 116 Å². The van der Waals surface area contributed by atoms with Crippen molar-refractivity contribution < 1.29 is 22.0 Å². The summed E-state index contributed by atoms with van der Waals surface area (Å²) in [7, 11) is 0. The highest BCUT2D eigenvalue weighted by Crippen LogP contribution is 2.26. The number of benzene rings is 2. The molecule has 4 aromatic rings. The Labute approximate surface area is 198 Å². The van der Waals surface area contributed by atoms with Crippen LogP contribution in [-0.4, -0.2) is 14.1 Å². The van der Waals surface area contributed by atoms with Crippen LogP contribution in [0.2, 0.25) is 0 Å². The van der Waals surface area contributed by atoms with Crippen LogP contribution in [0.3, 0.4) is 0 Å². The van der Waals surface area contributed by atoms with E-state index in [4.69, 9.17) is 0 Å². The molecule has 0 N–H and O–H groups in total. The van der Waals surface area contributed by atoms with E-state index in [1.165, 1.54) is 6.92 Å². The van der Waals surface area contributed by atoms with E-state index < -0.39 is 41.0 Å². The zero-order valence-corrected chi connectivity index (χ0v) is 19.2. The Bertz CT molecular complexity index is 1430. The second-order valence-corrected chi connectivity index (χ2v) is 8.51. The molecular weight excluding hydrogens is 465 g/mol. The first kappa shape index (κ1) is 24.4. The Balaban J connectivity index is 1.73. The molecule has 0 fully saturated rings. The summed E-state index contributed by atoms with van der Waals surface area (Å²) in [5, 5.41) is 0. The molecule has 182 valence electrons. The van der Waals surface area contributed by atoms with Crippen molar-refractivity contribution >= 4 is 0 Å². The monoisotopic (exact) mass is 487 g/mol. The first-order chi connectivity index (χ1) is 16.5. The number of aromatic nitrogens is 3. The van der Waals surface area contributed by atoms with Crippen LogP contribution in [0.25, 0.3) is 5.69 Å². The molecular formula is C26H22F5N3O. The first-order valence-corrected chi connectivity index (χ1v) is 10.8. The van der Waals surface area contributed by atoms with Crippen molar-refractivity contribution in [2.24, 2.45) is 0 Å². The highest BCUT2D eigenvalue weighted by Gasteiger charge is 2.20. The van der Waals surface area contributed by atoms with Gasteiger partial charge in [-0.25, -0.2) is 26.9 Å². The van der Waals surface area contributed by atoms with Crippen molar-refractivity contribution in [2.45, 2.75) is 39.7 Å². The third-order valence-corrected chi connectivity index (χ3v) is 5.94. The predicted molar refractivity (Wildman–Crippen MR) is 122 cm³/mol. The minimum atomic E-state index is -2.87. The van der Waals surface area contributed by atoms with Gasteiger partial charge >= 0.3 is 0 Å². The van der Waals surface area contributed by atoms with Gasteiger partial charge in [-0.05, 0) is 61.7 Å². The first-order valence-electron chi connectivity index (χ1n) is 10.8. The maximum Gasteiger partial charge on any atom is 0.265 e. The lowest BCUT2D eigenvalue weighted by molar-refractivity contribution is 0.150. The fourth-order valence-corrected chi connectivity index (χ4v) is 4.09. The molecule has 0 bridgehead atoms. The number of hydrogen-bond donors (Lipinski definition) is 0. The molecule has 1 atom stereocenters. The van der Waals surface area contributed by atoms with Crippen LogP contribution in [-0.2, 0) is 6.42 Å². The van der Waals surface area contributed by atoms with Crippen molar-refractivity contribution in [3.63, 3.8) is 0 Å². The topological polar surface area (TPSA) is 39.8 Å². The Morgan fingerprint density at radius 1 is 0.943 bits per heavy atom. The maximum absolute atomic E-state index is 13.8. The summed E-state index contributed by atoms with van der Waals surface area (Å²) in [6.45, 7) is 5.19. The molecule has 2 heterocycles. The van der Waals surface area contributed by atoms with Gasteiger partial charge < -0.3 is 9.13 Å². The Morgan fingerprint density at radius 2 is 1.63 bits per heavy atom. The van der Waals surface area contributed by atoms with Crippen molar-refractivity contribution in [2.75, 3.05) is 0 Å². The molecule has 0 saturated carbocycles.